The van der Waals surface area contributed by atoms with Crippen molar-refractivity contribution in [1.82, 2.24) is 9.88 Å². The number of para-hydroxylation sites is 1. The third-order valence-electron chi connectivity index (χ3n) is 3.32. The van der Waals surface area contributed by atoms with E-state index in [9.17, 15) is 14.4 Å². The molecule has 0 bridgehead atoms. The third-order valence-corrected chi connectivity index (χ3v) is 4.20. The van der Waals surface area contributed by atoms with Crippen molar-refractivity contribution >= 4 is 28.8 Å². The Labute approximate surface area is 138 Å². The lowest BCUT2D eigenvalue weighted by atomic mass is 10.1. The molecule has 0 saturated carbocycles. The molecule has 0 radical (unpaired) electrons. The summed E-state index contributed by atoms with van der Waals surface area (Å²) in [6, 6.07) is 6.85. The van der Waals surface area contributed by atoms with Gasteiger partial charge in [0.15, 0.2) is 0 Å². The number of aryl methyl sites for hydroxylation is 1. The number of carbonyl (C=O) groups is 2. The van der Waals surface area contributed by atoms with Gasteiger partial charge in [-0.25, -0.2) is 0 Å². The van der Waals surface area contributed by atoms with Crippen LogP contribution in [0.15, 0.2) is 34.4 Å². The Hall–Kier alpha value is -2.41. The van der Waals surface area contributed by atoms with Crippen LogP contribution in [0.2, 0.25) is 0 Å². The molecule has 2 amide bonds. The maximum atomic E-state index is 12.1. The molecule has 2 N–H and O–H groups in total. The molecule has 1 heterocycles. The molecule has 0 aliphatic rings. The Morgan fingerprint density at radius 1 is 1.26 bits per heavy atom. The Bertz CT molecular complexity index is 764. The van der Waals surface area contributed by atoms with Gasteiger partial charge in [-0.05, 0) is 26.0 Å². The molecule has 0 saturated heterocycles. The van der Waals surface area contributed by atoms with Crippen LogP contribution in [0, 0.1) is 6.92 Å². The van der Waals surface area contributed by atoms with Crippen molar-refractivity contribution in [3.8, 4) is 0 Å². The number of thiazole rings is 1. The van der Waals surface area contributed by atoms with Gasteiger partial charge in [-0.2, -0.15) is 0 Å². The molecular formula is C16H19N3O3S. The highest BCUT2D eigenvalue weighted by molar-refractivity contribution is 7.07. The number of amides is 2. The van der Waals surface area contributed by atoms with E-state index in [1.165, 1.54) is 0 Å². The zero-order valence-electron chi connectivity index (χ0n) is 13.1. The first kappa shape index (κ1) is 17.0. The van der Waals surface area contributed by atoms with Gasteiger partial charge in [-0.15, -0.1) is 0 Å². The minimum absolute atomic E-state index is 0.0713. The van der Waals surface area contributed by atoms with Crippen LogP contribution in [-0.2, 0) is 11.3 Å². The van der Waals surface area contributed by atoms with Crippen LogP contribution in [0.5, 0.6) is 0 Å². The fourth-order valence-electron chi connectivity index (χ4n) is 2.15. The monoisotopic (exact) mass is 333 g/mol. The number of aromatic nitrogens is 1. The van der Waals surface area contributed by atoms with Gasteiger partial charge in [-0.1, -0.05) is 23.5 Å². The molecule has 6 nitrogen and oxygen atoms in total. The first-order valence-corrected chi connectivity index (χ1v) is 8.23. The summed E-state index contributed by atoms with van der Waals surface area (Å²) in [6.07, 6.45) is 0.168. The van der Waals surface area contributed by atoms with E-state index < -0.39 is 0 Å². The van der Waals surface area contributed by atoms with Gasteiger partial charge in [0.25, 0.3) is 5.91 Å². The standard InChI is InChI=1S/C16H19N3O3S/c1-3-17-15(21)12-6-4-5-7-13(12)18-14(20)8-9-19-11(2)10-23-16(19)22/h4-7,10H,3,8-9H2,1-2H3,(H,17,21)(H,18,20). The van der Waals surface area contributed by atoms with Crippen molar-refractivity contribution in [2.24, 2.45) is 0 Å². The Morgan fingerprint density at radius 3 is 2.65 bits per heavy atom. The maximum absolute atomic E-state index is 12.1. The number of benzene rings is 1. The SMILES string of the molecule is CCNC(=O)c1ccccc1NC(=O)CCn1c(C)csc1=O. The van der Waals surface area contributed by atoms with Crippen LogP contribution in [-0.4, -0.2) is 22.9 Å². The largest absolute Gasteiger partial charge is 0.352 e. The minimum atomic E-state index is -0.237. The molecule has 0 fully saturated rings. The average molecular weight is 333 g/mol. The van der Waals surface area contributed by atoms with Crippen LogP contribution in [0.1, 0.15) is 29.4 Å². The lowest BCUT2D eigenvalue weighted by Crippen LogP contribution is -2.25. The van der Waals surface area contributed by atoms with Gasteiger partial charge in [0.05, 0.1) is 11.3 Å². The summed E-state index contributed by atoms with van der Waals surface area (Å²) in [7, 11) is 0. The van der Waals surface area contributed by atoms with Crippen molar-refractivity contribution in [2.45, 2.75) is 26.8 Å². The molecular weight excluding hydrogens is 314 g/mol. The van der Waals surface area contributed by atoms with Gasteiger partial charge >= 0.3 is 4.87 Å². The average Bonchev–Trinajstić information content (AvgIpc) is 2.84. The van der Waals surface area contributed by atoms with E-state index >= 15 is 0 Å². The molecule has 1 aromatic carbocycles. The first-order valence-electron chi connectivity index (χ1n) is 7.35. The summed E-state index contributed by atoms with van der Waals surface area (Å²) in [5.74, 6) is -0.465. The molecule has 23 heavy (non-hydrogen) atoms. The van der Waals surface area contributed by atoms with Crippen molar-refractivity contribution in [3.63, 3.8) is 0 Å². The lowest BCUT2D eigenvalue weighted by molar-refractivity contribution is -0.116. The van der Waals surface area contributed by atoms with E-state index in [-0.39, 0.29) is 23.1 Å². The van der Waals surface area contributed by atoms with Gasteiger partial charge in [-0.3, -0.25) is 14.4 Å². The minimum Gasteiger partial charge on any atom is -0.352 e. The van der Waals surface area contributed by atoms with Gasteiger partial charge < -0.3 is 15.2 Å². The van der Waals surface area contributed by atoms with Gasteiger partial charge in [0.1, 0.15) is 0 Å². The van der Waals surface area contributed by atoms with Crippen molar-refractivity contribution < 1.29 is 9.59 Å². The van der Waals surface area contributed by atoms with Crippen molar-refractivity contribution in [1.29, 1.82) is 0 Å². The van der Waals surface area contributed by atoms with E-state index in [0.29, 0.717) is 24.3 Å². The maximum Gasteiger partial charge on any atom is 0.307 e. The fraction of sp³-hybridized carbons (Fsp3) is 0.312. The smallest absolute Gasteiger partial charge is 0.307 e. The Morgan fingerprint density at radius 2 is 2.00 bits per heavy atom. The van der Waals surface area contributed by atoms with Gasteiger partial charge in [0, 0.05) is 30.6 Å². The molecule has 0 spiro atoms. The van der Waals surface area contributed by atoms with E-state index in [1.54, 1.807) is 34.2 Å². The Kier molecular flexibility index (Phi) is 5.70. The van der Waals surface area contributed by atoms with Crippen molar-refractivity contribution in [3.05, 3.63) is 50.6 Å². The van der Waals surface area contributed by atoms with E-state index in [2.05, 4.69) is 10.6 Å². The zero-order chi connectivity index (χ0) is 16.8. The molecule has 0 aliphatic heterocycles. The second-order valence-electron chi connectivity index (χ2n) is 5.00. The van der Waals surface area contributed by atoms with Crippen LogP contribution >= 0.6 is 11.3 Å². The van der Waals surface area contributed by atoms with E-state index in [0.717, 1.165) is 17.0 Å². The fourth-order valence-corrected chi connectivity index (χ4v) is 2.91. The number of anilines is 1. The Balaban J connectivity index is 2.03. The molecule has 2 rings (SSSR count). The third kappa shape index (κ3) is 4.29. The number of hydrogen-bond acceptors (Lipinski definition) is 4. The van der Waals surface area contributed by atoms with E-state index in [4.69, 9.17) is 0 Å². The van der Waals surface area contributed by atoms with E-state index in [1.807, 2.05) is 13.8 Å². The quantitative estimate of drug-likeness (QED) is 0.848. The topological polar surface area (TPSA) is 80.2 Å². The molecule has 0 unspecified atom stereocenters. The second-order valence-corrected chi connectivity index (χ2v) is 5.82. The summed E-state index contributed by atoms with van der Waals surface area (Å²) < 4.78 is 1.57. The normalized spacial score (nSPS) is 10.3. The number of nitrogens with one attached hydrogen (secondary N) is 2. The summed E-state index contributed by atoms with van der Waals surface area (Å²) in [6.45, 7) is 4.50. The summed E-state index contributed by atoms with van der Waals surface area (Å²) in [5, 5.41) is 7.22. The molecule has 122 valence electrons. The second kappa shape index (κ2) is 7.73. The van der Waals surface area contributed by atoms with Gasteiger partial charge in [0.2, 0.25) is 5.91 Å². The van der Waals surface area contributed by atoms with Crippen molar-refractivity contribution in [2.75, 3.05) is 11.9 Å². The lowest BCUT2D eigenvalue weighted by Gasteiger charge is -2.11. The molecule has 1 aromatic heterocycles. The van der Waals surface area contributed by atoms with Crippen LogP contribution in [0.25, 0.3) is 0 Å². The summed E-state index contributed by atoms with van der Waals surface area (Å²) in [4.78, 5) is 35.6. The first-order chi connectivity index (χ1) is 11.0. The zero-order valence-corrected chi connectivity index (χ0v) is 13.9. The summed E-state index contributed by atoms with van der Waals surface area (Å²) >= 11 is 1.12. The molecule has 7 heteroatoms. The number of hydrogen-bond donors (Lipinski definition) is 2. The number of rotatable bonds is 6. The molecule has 0 atom stereocenters. The highest BCUT2D eigenvalue weighted by atomic mass is 32.1. The summed E-state index contributed by atoms with van der Waals surface area (Å²) in [5.41, 5.74) is 1.74. The molecule has 2 aromatic rings. The predicted molar refractivity (Wildman–Crippen MR) is 91.0 cm³/mol. The van der Waals surface area contributed by atoms with Crippen LogP contribution < -0.4 is 15.5 Å². The molecule has 0 aliphatic carbocycles. The highest BCUT2D eigenvalue weighted by Crippen LogP contribution is 2.15. The highest BCUT2D eigenvalue weighted by Gasteiger charge is 2.13. The van der Waals surface area contributed by atoms with Crippen LogP contribution in [0.3, 0.4) is 0 Å². The number of nitrogens with zero attached hydrogens (tertiary/aromatic N) is 1. The number of carbonyl (C=O) groups excluding carboxylic acids is 2. The predicted octanol–water partition coefficient (Wildman–Crippen LogP) is 2.00. The van der Waals surface area contributed by atoms with Crippen LogP contribution in [0.4, 0.5) is 5.69 Å².